The Balaban J connectivity index is 1.60. The summed E-state index contributed by atoms with van der Waals surface area (Å²) in [5, 5.41) is 3.31. The number of oxazole rings is 1. The minimum Gasteiger partial charge on any atom is -0.434 e. The van der Waals surface area contributed by atoms with Crippen LogP contribution >= 0.6 is 11.6 Å². The first-order valence-electron chi connectivity index (χ1n) is 7.44. The molecule has 0 radical (unpaired) electrons. The van der Waals surface area contributed by atoms with Crippen LogP contribution in [-0.4, -0.2) is 20.9 Å². The van der Waals surface area contributed by atoms with Gasteiger partial charge in [0.2, 0.25) is 5.89 Å². The summed E-state index contributed by atoms with van der Waals surface area (Å²) in [6, 6.07) is 13.6. The SMILES string of the molecule is O=C(Nc1cc(-c2nc3ncccc3o2)ccn1)c1ccc(Cl)cc1. The second-order valence-electron chi connectivity index (χ2n) is 5.23. The molecule has 0 saturated heterocycles. The van der Waals surface area contributed by atoms with Crippen molar-refractivity contribution in [3.05, 3.63) is 71.5 Å². The van der Waals surface area contributed by atoms with Crippen LogP contribution in [0.5, 0.6) is 0 Å². The van der Waals surface area contributed by atoms with Gasteiger partial charge in [0, 0.05) is 28.5 Å². The average Bonchev–Trinajstić information content (AvgIpc) is 3.07. The molecule has 1 N–H and O–H groups in total. The maximum absolute atomic E-state index is 12.3. The number of nitrogens with one attached hydrogen (secondary N) is 1. The molecule has 1 aromatic carbocycles. The van der Waals surface area contributed by atoms with Crippen LogP contribution in [-0.2, 0) is 0 Å². The highest BCUT2D eigenvalue weighted by Crippen LogP contribution is 2.24. The molecule has 3 heterocycles. The van der Waals surface area contributed by atoms with E-state index in [1.165, 1.54) is 0 Å². The highest BCUT2D eigenvalue weighted by molar-refractivity contribution is 6.30. The summed E-state index contributed by atoms with van der Waals surface area (Å²) in [7, 11) is 0. The first-order chi connectivity index (χ1) is 12.2. The van der Waals surface area contributed by atoms with Gasteiger partial charge >= 0.3 is 0 Å². The number of anilines is 1. The molecule has 0 bridgehead atoms. The quantitative estimate of drug-likeness (QED) is 0.599. The Morgan fingerprint density at radius 3 is 2.68 bits per heavy atom. The summed E-state index contributed by atoms with van der Waals surface area (Å²) >= 11 is 5.83. The second kappa shape index (κ2) is 6.33. The molecule has 0 unspecified atom stereocenters. The van der Waals surface area contributed by atoms with Crippen LogP contribution in [0, 0.1) is 0 Å². The average molecular weight is 351 g/mol. The van der Waals surface area contributed by atoms with Gasteiger partial charge < -0.3 is 9.73 Å². The number of hydrogen-bond donors (Lipinski definition) is 1. The number of nitrogens with zero attached hydrogens (tertiary/aromatic N) is 3. The standard InChI is InChI=1S/C18H11ClN4O2/c19-13-5-3-11(4-6-13)17(24)22-15-10-12(7-9-20-15)18-23-16-14(25-18)2-1-8-21-16/h1-10H,(H,20,22,24). The highest BCUT2D eigenvalue weighted by Gasteiger charge is 2.11. The molecule has 6 nitrogen and oxygen atoms in total. The van der Waals surface area contributed by atoms with Crippen LogP contribution in [0.2, 0.25) is 5.02 Å². The van der Waals surface area contributed by atoms with Gasteiger partial charge in [-0.1, -0.05) is 11.6 Å². The third-order valence-electron chi connectivity index (χ3n) is 3.52. The number of rotatable bonds is 3. The Bertz CT molecular complexity index is 1030. The van der Waals surface area contributed by atoms with Gasteiger partial charge in [-0.05, 0) is 48.5 Å². The fraction of sp³-hybridized carbons (Fsp3) is 0. The molecule has 25 heavy (non-hydrogen) atoms. The van der Waals surface area contributed by atoms with Crippen molar-refractivity contribution in [2.24, 2.45) is 0 Å². The molecule has 0 spiro atoms. The van der Waals surface area contributed by atoms with E-state index in [1.807, 2.05) is 0 Å². The van der Waals surface area contributed by atoms with E-state index in [4.69, 9.17) is 16.0 Å². The van der Waals surface area contributed by atoms with Crippen LogP contribution < -0.4 is 5.32 Å². The van der Waals surface area contributed by atoms with Gasteiger partial charge in [-0.25, -0.2) is 9.97 Å². The molecule has 4 aromatic rings. The highest BCUT2D eigenvalue weighted by atomic mass is 35.5. The second-order valence-corrected chi connectivity index (χ2v) is 5.67. The zero-order valence-electron chi connectivity index (χ0n) is 12.8. The summed E-state index contributed by atoms with van der Waals surface area (Å²) in [5.74, 6) is 0.534. The van der Waals surface area contributed by atoms with E-state index in [0.29, 0.717) is 39.1 Å². The summed E-state index contributed by atoms with van der Waals surface area (Å²) in [5.41, 5.74) is 2.31. The molecule has 7 heteroatoms. The summed E-state index contributed by atoms with van der Waals surface area (Å²) in [6.45, 7) is 0. The van der Waals surface area contributed by atoms with Crippen LogP contribution in [0.4, 0.5) is 5.82 Å². The van der Waals surface area contributed by atoms with Crippen LogP contribution in [0.15, 0.2) is 65.3 Å². The molecule has 4 rings (SSSR count). The van der Waals surface area contributed by atoms with Gasteiger partial charge in [0.25, 0.3) is 5.91 Å². The Labute approximate surface area is 147 Å². The van der Waals surface area contributed by atoms with Crippen molar-refractivity contribution in [1.29, 1.82) is 0 Å². The molecule has 0 fully saturated rings. The predicted octanol–water partition coefficient (Wildman–Crippen LogP) is 4.19. The molecular formula is C18H11ClN4O2. The van der Waals surface area contributed by atoms with E-state index in [1.54, 1.807) is 60.9 Å². The first kappa shape index (κ1) is 15.3. The van der Waals surface area contributed by atoms with Crippen molar-refractivity contribution in [2.45, 2.75) is 0 Å². The minimum atomic E-state index is -0.277. The van der Waals surface area contributed by atoms with E-state index in [2.05, 4.69) is 20.3 Å². The lowest BCUT2D eigenvalue weighted by atomic mass is 10.2. The number of benzene rings is 1. The molecule has 122 valence electrons. The van der Waals surface area contributed by atoms with E-state index < -0.39 is 0 Å². The van der Waals surface area contributed by atoms with Crippen molar-refractivity contribution in [1.82, 2.24) is 15.0 Å². The van der Waals surface area contributed by atoms with E-state index in [-0.39, 0.29) is 5.91 Å². The molecule has 0 aliphatic rings. The number of carbonyl (C=O) groups excluding carboxylic acids is 1. The third-order valence-corrected chi connectivity index (χ3v) is 3.77. The van der Waals surface area contributed by atoms with Gasteiger partial charge in [0.1, 0.15) is 5.82 Å². The van der Waals surface area contributed by atoms with Gasteiger partial charge in [-0.3, -0.25) is 4.79 Å². The number of halogens is 1. The number of aromatic nitrogens is 3. The zero-order chi connectivity index (χ0) is 17.2. The van der Waals surface area contributed by atoms with Gasteiger partial charge in [-0.15, -0.1) is 0 Å². The number of carbonyl (C=O) groups is 1. The molecule has 0 aliphatic heterocycles. The van der Waals surface area contributed by atoms with Gasteiger partial charge in [0.05, 0.1) is 0 Å². The van der Waals surface area contributed by atoms with Crippen molar-refractivity contribution >= 4 is 34.6 Å². The Hall–Kier alpha value is -3.25. The van der Waals surface area contributed by atoms with Crippen molar-refractivity contribution in [2.75, 3.05) is 5.32 Å². The topological polar surface area (TPSA) is 80.9 Å². The van der Waals surface area contributed by atoms with Gasteiger partial charge in [0.15, 0.2) is 11.2 Å². The third kappa shape index (κ3) is 3.20. The lowest BCUT2D eigenvalue weighted by Crippen LogP contribution is -2.12. The Kier molecular flexibility index (Phi) is 3.87. The molecule has 0 atom stereocenters. The van der Waals surface area contributed by atoms with Crippen molar-refractivity contribution in [3.8, 4) is 11.5 Å². The van der Waals surface area contributed by atoms with Crippen LogP contribution in [0.3, 0.4) is 0 Å². The van der Waals surface area contributed by atoms with Gasteiger partial charge in [-0.2, -0.15) is 4.98 Å². The summed E-state index contributed by atoms with van der Waals surface area (Å²) in [6.07, 6.45) is 3.23. The Morgan fingerprint density at radius 1 is 1.04 bits per heavy atom. The number of hydrogen-bond acceptors (Lipinski definition) is 5. The monoisotopic (exact) mass is 350 g/mol. The predicted molar refractivity (Wildman–Crippen MR) is 94.4 cm³/mol. The van der Waals surface area contributed by atoms with E-state index in [0.717, 1.165) is 0 Å². The molecule has 0 saturated carbocycles. The van der Waals surface area contributed by atoms with E-state index >= 15 is 0 Å². The number of fused-ring (bicyclic) bond motifs is 1. The molecule has 0 aliphatic carbocycles. The summed E-state index contributed by atoms with van der Waals surface area (Å²) in [4.78, 5) is 24.9. The lowest BCUT2D eigenvalue weighted by Gasteiger charge is -2.05. The van der Waals surface area contributed by atoms with Crippen LogP contribution in [0.1, 0.15) is 10.4 Å². The number of pyridine rings is 2. The van der Waals surface area contributed by atoms with Crippen LogP contribution in [0.25, 0.3) is 22.7 Å². The minimum absolute atomic E-state index is 0.277. The van der Waals surface area contributed by atoms with Crippen molar-refractivity contribution in [3.63, 3.8) is 0 Å². The number of amides is 1. The summed E-state index contributed by atoms with van der Waals surface area (Å²) < 4.78 is 5.68. The maximum atomic E-state index is 12.3. The maximum Gasteiger partial charge on any atom is 0.256 e. The first-order valence-corrected chi connectivity index (χ1v) is 7.82. The Morgan fingerprint density at radius 2 is 1.88 bits per heavy atom. The molecular weight excluding hydrogens is 340 g/mol. The molecule has 1 amide bonds. The van der Waals surface area contributed by atoms with E-state index in [9.17, 15) is 4.79 Å². The largest absolute Gasteiger partial charge is 0.434 e. The normalized spacial score (nSPS) is 10.8. The fourth-order valence-electron chi connectivity index (χ4n) is 2.31. The lowest BCUT2D eigenvalue weighted by molar-refractivity contribution is 0.102. The molecule has 3 aromatic heterocycles. The zero-order valence-corrected chi connectivity index (χ0v) is 13.6. The smallest absolute Gasteiger partial charge is 0.256 e. The fourth-order valence-corrected chi connectivity index (χ4v) is 2.44. The van der Waals surface area contributed by atoms with Crippen molar-refractivity contribution < 1.29 is 9.21 Å².